The van der Waals surface area contributed by atoms with E-state index >= 15 is 0 Å². The van der Waals surface area contributed by atoms with Crippen LogP contribution >= 0.6 is 0 Å². The number of aliphatic carboxylic acids is 1. The van der Waals surface area contributed by atoms with Crippen molar-refractivity contribution < 1.29 is 64.7 Å². The number of carboxylic acid groups (broad SMARTS) is 1. The molecule has 6 rings (SSSR count). The Hall–Kier alpha value is -1.94. The summed E-state index contributed by atoms with van der Waals surface area (Å²) in [5.74, 6) is -2.35. The van der Waals surface area contributed by atoms with Crippen LogP contribution in [0.5, 0.6) is 0 Å². The first-order chi connectivity index (χ1) is 25.0. The zero-order valence-electron chi connectivity index (χ0n) is 33.1. The summed E-state index contributed by atoms with van der Waals surface area (Å²) >= 11 is 0. The Balaban J connectivity index is 1.32. The third kappa shape index (κ3) is 5.65. The van der Waals surface area contributed by atoms with Gasteiger partial charge in [0.05, 0.1) is 30.8 Å². The number of esters is 1. The molecule has 4 saturated carbocycles. The lowest BCUT2D eigenvalue weighted by Gasteiger charge is -2.72. The maximum absolute atomic E-state index is 13.0. The van der Waals surface area contributed by atoms with E-state index in [1.54, 1.807) is 19.9 Å². The predicted octanol–water partition coefficient (Wildman–Crippen LogP) is 2.46. The van der Waals surface area contributed by atoms with Gasteiger partial charge in [0.1, 0.15) is 30.5 Å². The van der Waals surface area contributed by atoms with Gasteiger partial charge in [-0.2, -0.15) is 0 Å². The number of allylic oxidation sites excluding steroid dienone is 3. The van der Waals surface area contributed by atoms with Crippen LogP contribution in [0.1, 0.15) is 100 Å². The van der Waals surface area contributed by atoms with Gasteiger partial charge in [0.25, 0.3) is 0 Å². The van der Waals surface area contributed by atoms with Crippen LogP contribution < -0.4 is 0 Å². The van der Waals surface area contributed by atoms with Gasteiger partial charge in [-0.05, 0) is 92.8 Å². The average molecular weight is 765 g/mol. The van der Waals surface area contributed by atoms with Crippen LogP contribution in [0, 0.1) is 50.2 Å². The van der Waals surface area contributed by atoms with E-state index in [0.29, 0.717) is 44.1 Å². The molecule has 0 aromatic rings. The minimum absolute atomic E-state index is 0.0616. The second-order valence-corrected chi connectivity index (χ2v) is 19.3. The first-order valence-corrected chi connectivity index (χ1v) is 19.8. The molecule has 0 amide bonds. The Labute approximate surface area is 318 Å². The quantitative estimate of drug-likeness (QED) is 0.0809. The topological polar surface area (TPSA) is 224 Å². The van der Waals surface area contributed by atoms with Crippen LogP contribution in [-0.4, -0.2) is 121 Å². The summed E-state index contributed by atoms with van der Waals surface area (Å²) in [7, 11) is 0. The van der Waals surface area contributed by atoms with Crippen LogP contribution in [0.3, 0.4) is 0 Å². The molecule has 5 fully saturated rings. The van der Waals surface area contributed by atoms with Crippen molar-refractivity contribution in [3.05, 3.63) is 23.3 Å². The Kier molecular flexibility index (Phi) is 10.7. The number of rotatable bonds is 7. The molecule has 0 bridgehead atoms. The van der Waals surface area contributed by atoms with E-state index in [-0.39, 0.29) is 35.2 Å². The van der Waals surface area contributed by atoms with Gasteiger partial charge in [-0.1, -0.05) is 59.3 Å². The number of aliphatic hydroxyl groups excluding tert-OH is 7. The Bertz CT molecular complexity index is 1540. The molecule has 8 N–H and O–H groups in total. The van der Waals surface area contributed by atoms with Gasteiger partial charge < -0.3 is 55.1 Å². The van der Waals surface area contributed by atoms with Crippen LogP contribution in [0.15, 0.2) is 23.3 Å². The lowest BCUT2D eigenvalue weighted by atomic mass is 9.33. The van der Waals surface area contributed by atoms with Crippen LogP contribution in [-0.2, 0) is 23.8 Å². The molecule has 0 spiro atoms. The van der Waals surface area contributed by atoms with Crippen LogP contribution in [0.4, 0.5) is 0 Å². The summed E-state index contributed by atoms with van der Waals surface area (Å²) in [6.07, 6.45) is -4.63. The first-order valence-electron chi connectivity index (χ1n) is 19.8. The van der Waals surface area contributed by atoms with Crippen molar-refractivity contribution in [1.82, 2.24) is 0 Å². The lowest BCUT2D eigenvalue weighted by molar-refractivity contribution is -0.328. The van der Waals surface area contributed by atoms with Gasteiger partial charge in [-0.3, -0.25) is 0 Å². The van der Waals surface area contributed by atoms with E-state index in [0.717, 1.165) is 12.0 Å². The van der Waals surface area contributed by atoms with Gasteiger partial charge in [0, 0.05) is 16.4 Å². The fourth-order valence-electron chi connectivity index (χ4n) is 13.0. The Morgan fingerprint density at radius 2 is 1.57 bits per heavy atom. The van der Waals surface area contributed by atoms with Gasteiger partial charge >= 0.3 is 11.9 Å². The van der Waals surface area contributed by atoms with Crippen molar-refractivity contribution >= 4 is 11.9 Å². The Morgan fingerprint density at radius 3 is 2.17 bits per heavy atom. The van der Waals surface area contributed by atoms with Crippen molar-refractivity contribution in [2.24, 2.45) is 50.2 Å². The number of aliphatic hydroxyl groups is 7. The highest BCUT2D eigenvalue weighted by atomic mass is 16.7. The highest BCUT2D eigenvalue weighted by Gasteiger charge is 2.73. The largest absolute Gasteiger partial charge is 0.479 e. The molecule has 0 unspecified atom stereocenters. The fourth-order valence-corrected chi connectivity index (χ4v) is 13.0. The zero-order chi connectivity index (χ0) is 40.1. The molecular weight excluding hydrogens is 700 g/mol. The maximum atomic E-state index is 13.0. The lowest BCUT2D eigenvalue weighted by Crippen LogP contribution is -2.72. The van der Waals surface area contributed by atoms with Gasteiger partial charge in [-0.25, -0.2) is 9.59 Å². The number of ether oxygens (including phenoxy) is 3. The number of hydrogen-bond donors (Lipinski definition) is 8. The third-order valence-electron chi connectivity index (χ3n) is 16.6. The molecule has 13 nitrogen and oxygen atoms in total. The molecule has 13 heteroatoms. The van der Waals surface area contributed by atoms with Gasteiger partial charge in [-0.15, -0.1) is 0 Å². The molecule has 6 aliphatic rings. The third-order valence-corrected chi connectivity index (χ3v) is 16.6. The molecule has 5 aliphatic carbocycles. The van der Waals surface area contributed by atoms with Crippen LogP contribution in [0.2, 0.25) is 0 Å². The summed E-state index contributed by atoms with van der Waals surface area (Å²) < 4.78 is 17.7. The second kappa shape index (κ2) is 13.9. The molecule has 0 aromatic heterocycles. The zero-order valence-corrected chi connectivity index (χ0v) is 33.1. The smallest absolute Gasteiger partial charge is 0.335 e. The minimum atomic E-state index is -1.84. The number of hydrogen-bond acceptors (Lipinski definition) is 12. The molecule has 1 heterocycles. The van der Waals surface area contributed by atoms with Crippen molar-refractivity contribution in [1.29, 1.82) is 0 Å². The first kappa shape index (κ1) is 41.7. The minimum Gasteiger partial charge on any atom is -0.479 e. The summed E-state index contributed by atoms with van der Waals surface area (Å²) in [4.78, 5) is 24.8. The van der Waals surface area contributed by atoms with Gasteiger partial charge in [0.2, 0.25) is 0 Å². The van der Waals surface area contributed by atoms with E-state index in [9.17, 15) is 50.4 Å². The molecule has 17 atom stereocenters. The highest BCUT2D eigenvalue weighted by molar-refractivity contribution is 5.87. The number of fused-ring (bicyclic) bond motifs is 7. The monoisotopic (exact) mass is 764 g/mol. The molecule has 1 saturated heterocycles. The highest BCUT2D eigenvalue weighted by Crippen LogP contribution is 2.76. The normalized spacial score (nSPS) is 51.5. The summed E-state index contributed by atoms with van der Waals surface area (Å²) in [5.41, 5.74) is -2.46. The molecule has 1 aliphatic heterocycles. The summed E-state index contributed by atoms with van der Waals surface area (Å²) in [6, 6.07) is 0. The SMILES string of the molecule is C/C=C(\C)C(=O)O[C@H]1[C@@H](O)[C@]2(CO)[C@@H](O)C[C@]3(C)C(=CC[C@@H]4[C@@]5(C)CC[C@H](O[C@@H]6O[C@H](C(=O)O)[C@@H](O)[C@H](O)[C@H]6O)[C@@](C)(CO)[C@@H]5CC[C@]43C)[C@@H]2CC1(C)C. The van der Waals surface area contributed by atoms with Gasteiger partial charge in [0.15, 0.2) is 12.4 Å². The van der Waals surface area contributed by atoms with E-state index in [2.05, 4.69) is 26.8 Å². The van der Waals surface area contributed by atoms with E-state index < -0.39 is 95.3 Å². The van der Waals surface area contributed by atoms with E-state index in [4.69, 9.17) is 14.2 Å². The fraction of sp³-hybridized carbons (Fsp3) is 0.854. The average Bonchev–Trinajstić information content (AvgIpc) is 3.10. The standard InChI is InChI=1S/C41H64O13/c1-9-20(2)34(51)54-32-31(48)41(19-43)22(16-36(32,3)4)21-10-11-24-37(5)14-13-26(52-35-29(47)27(45)28(46)30(53-35)33(49)50)38(6,18-42)23(37)12-15-39(24,7)40(21,8)17-25(41)44/h9-10,22-32,35,42-48H,11-19H2,1-8H3,(H,49,50)/b20-9+/t22-,23+,24+,25-,26-,27-,28-,29+,30-,31+,32-,35+,37-,38-,39+,40+,41-/m0/s1. The van der Waals surface area contributed by atoms with Crippen molar-refractivity contribution in [3.63, 3.8) is 0 Å². The van der Waals surface area contributed by atoms with Crippen molar-refractivity contribution in [3.8, 4) is 0 Å². The summed E-state index contributed by atoms with van der Waals surface area (Å²) in [6.45, 7) is 15.4. The second-order valence-electron chi connectivity index (χ2n) is 19.3. The van der Waals surface area contributed by atoms with E-state index in [1.807, 2.05) is 20.8 Å². The van der Waals surface area contributed by atoms with Crippen molar-refractivity contribution in [2.75, 3.05) is 13.2 Å². The van der Waals surface area contributed by atoms with E-state index in [1.165, 1.54) is 0 Å². The number of carboxylic acids is 1. The van der Waals surface area contributed by atoms with Crippen molar-refractivity contribution in [2.45, 2.75) is 155 Å². The maximum Gasteiger partial charge on any atom is 0.335 e. The van der Waals surface area contributed by atoms with Crippen LogP contribution in [0.25, 0.3) is 0 Å². The Morgan fingerprint density at radius 1 is 0.907 bits per heavy atom. The molecule has 306 valence electrons. The molecular formula is C41H64O13. The number of carbonyl (C=O) groups excluding carboxylic acids is 1. The number of carbonyl (C=O) groups is 2. The predicted molar refractivity (Wildman–Crippen MR) is 194 cm³/mol. The molecule has 0 aromatic carbocycles. The summed E-state index contributed by atoms with van der Waals surface area (Å²) in [5, 5.41) is 87.7. The molecule has 54 heavy (non-hydrogen) atoms. The molecule has 0 radical (unpaired) electrons.